The van der Waals surface area contributed by atoms with Crippen LogP contribution >= 0.6 is 0 Å². The van der Waals surface area contributed by atoms with Gasteiger partial charge in [-0.25, -0.2) is 8.42 Å². The van der Waals surface area contributed by atoms with Crippen LogP contribution in [0.3, 0.4) is 0 Å². The average molecular weight is 362 g/mol. The molecule has 0 saturated carbocycles. The zero-order chi connectivity index (χ0) is 18.6. The Kier molecular flexibility index (Phi) is 5.69. The standard InChI is InChI=1S/C18H22N2O4S/c1-19(18(21)13-14-5-11-17(24-3)12-6-14)15-7-9-16(10-8-15)20(2)25(4,22)23/h5-12H,13H2,1-4H3. The Morgan fingerprint density at radius 3 is 1.96 bits per heavy atom. The van der Waals surface area contributed by atoms with Crippen molar-refractivity contribution >= 4 is 27.3 Å². The van der Waals surface area contributed by atoms with Gasteiger partial charge in [-0.15, -0.1) is 0 Å². The second-order valence-corrected chi connectivity index (χ2v) is 7.74. The van der Waals surface area contributed by atoms with Crippen molar-refractivity contribution in [3.63, 3.8) is 0 Å². The summed E-state index contributed by atoms with van der Waals surface area (Å²) < 4.78 is 29.4. The van der Waals surface area contributed by atoms with Crippen molar-refractivity contribution in [2.45, 2.75) is 6.42 Å². The van der Waals surface area contributed by atoms with Gasteiger partial charge < -0.3 is 9.64 Å². The molecule has 6 nitrogen and oxygen atoms in total. The maximum absolute atomic E-state index is 12.4. The lowest BCUT2D eigenvalue weighted by atomic mass is 10.1. The van der Waals surface area contributed by atoms with Crippen LogP contribution in [0.2, 0.25) is 0 Å². The first-order valence-electron chi connectivity index (χ1n) is 7.66. The number of hydrogen-bond acceptors (Lipinski definition) is 4. The number of hydrogen-bond donors (Lipinski definition) is 0. The third kappa shape index (κ3) is 4.73. The molecular weight excluding hydrogens is 340 g/mol. The van der Waals surface area contributed by atoms with Crippen LogP contribution in [-0.2, 0) is 21.2 Å². The molecule has 0 aromatic heterocycles. The number of carbonyl (C=O) groups is 1. The molecule has 25 heavy (non-hydrogen) atoms. The van der Waals surface area contributed by atoms with Crippen molar-refractivity contribution in [2.24, 2.45) is 0 Å². The molecule has 0 aliphatic rings. The van der Waals surface area contributed by atoms with Crippen molar-refractivity contribution in [2.75, 3.05) is 36.7 Å². The molecule has 0 heterocycles. The number of likely N-dealkylation sites (N-methyl/N-ethyl adjacent to an activating group) is 1. The van der Waals surface area contributed by atoms with Gasteiger partial charge in [0, 0.05) is 19.8 Å². The molecule has 0 unspecified atom stereocenters. The average Bonchev–Trinajstić information content (AvgIpc) is 2.60. The number of benzene rings is 2. The molecule has 0 radical (unpaired) electrons. The molecule has 2 aromatic carbocycles. The smallest absolute Gasteiger partial charge is 0.231 e. The zero-order valence-electron chi connectivity index (χ0n) is 14.8. The van der Waals surface area contributed by atoms with Crippen LogP contribution in [0.1, 0.15) is 5.56 Å². The fraction of sp³-hybridized carbons (Fsp3) is 0.278. The first-order valence-corrected chi connectivity index (χ1v) is 9.50. The number of rotatable bonds is 6. The Hall–Kier alpha value is -2.54. The summed E-state index contributed by atoms with van der Waals surface area (Å²) in [5.74, 6) is 0.685. The van der Waals surface area contributed by atoms with Gasteiger partial charge in [-0.05, 0) is 42.0 Å². The van der Waals surface area contributed by atoms with E-state index < -0.39 is 10.0 Å². The normalized spacial score (nSPS) is 11.0. The maximum atomic E-state index is 12.4. The van der Waals surface area contributed by atoms with Gasteiger partial charge in [0.15, 0.2) is 0 Å². The zero-order valence-corrected chi connectivity index (χ0v) is 15.6. The predicted molar refractivity (Wildman–Crippen MR) is 99.8 cm³/mol. The largest absolute Gasteiger partial charge is 0.497 e. The highest BCUT2D eigenvalue weighted by Crippen LogP contribution is 2.21. The van der Waals surface area contributed by atoms with E-state index in [1.807, 2.05) is 24.3 Å². The summed E-state index contributed by atoms with van der Waals surface area (Å²) in [4.78, 5) is 14.0. The monoisotopic (exact) mass is 362 g/mol. The van der Waals surface area contributed by atoms with Crippen molar-refractivity contribution in [1.82, 2.24) is 0 Å². The van der Waals surface area contributed by atoms with Gasteiger partial charge in [0.25, 0.3) is 0 Å². The minimum Gasteiger partial charge on any atom is -0.497 e. The molecule has 2 rings (SSSR count). The van der Waals surface area contributed by atoms with Crippen LogP contribution in [0.25, 0.3) is 0 Å². The second-order valence-electron chi connectivity index (χ2n) is 5.72. The summed E-state index contributed by atoms with van der Waals surface area (Å²) in [5.41, 5.74) is 2.14. The third-order valence-electron chi connectivity index (χ3n) is 3.99. The number of carbonyl (C=O) groups excluding carboxylic acids is 1. The summed E-state index contributed by atoms with van der Waals surface area (Å²) in [6.45, 7) is 0. The number of anilines is 2. The summed E-state index contributed by atoms with van der Waals surface area (Å²) in [5, 5.41) is 0. The van der Waals surface area contributed by atoms with Crippen LogP contribution in [0.15, 0.2) is 48.5 Å². The van der Waals surface area contributed by atoms with E-state index in [-0.39, 0.29) is 12.3 Å². The van der Waals surface area contributed by atoms with Crippen molar-refractivity contribution in [3.05, 3.63) is 54.1 Å². The maximum Gasteiger partial charge on any atom is 0.231 e. The van der Waals surface area contributed by atoms with Crippen LogP contribution in [0.5, 0.6) is 5.75 Å². The van der Waals surface area contributed by atoms with Crippen molar-refractivity contribution < 1.29 is 17.9 Å². The molecule has 0 saturated heterocycles. The fourth-order valence-electron chi connectivity index (χ4n) is 2.26. The van der Waals surface area contributed by atoms with Gasteiger partial charge in [0.1, 0.15) is 5.75 Å². The molecule has 0 spiro atoms. The molecule has 0 aliphatic carbocycles. The first kappa shape index (κ1) is 18.8. The summed E-state index contributed by atoms with van der Waals surface area (Å²) >= 11 is 0. The lowest BCUT2D eigenvalue weighted by Crippen LogP contribution is -2.28. The van der Waals surface area contributed by atoms with Crippen LogP contribution in [0, 0.1) is 0 Å². The highest BCUT2D eigenvalue weighted by Gasteiger charge is 2.14. The van der Waals surface area contributed by atoms with Crippen molar-refractivity contribution in [1.29, 1.82) is 0 Å². The third-order valence-corrected chi connectivity index (χ3v) is 5.19. The van der Waals surface area contributed by atoms with Crippen LogP contribution < -0.4 is 13.9 Å². The van der Waals surface area contributed by atoms with E-state index in [0.717, 1.165) is 17.6 Å². The van der Waals surface area contributed by atoms with E-state index >= 15 is 0 Å². The minimum atomic E-state index is -3.31. The lowest BCUT2D eigenvalue weighted by Gasteiger charge is -2.20. The summed E-state index contributed by atoms with van der Waals surface area (Å²) in [6.07, 6.45) is 1.41. The van der Waals surface area contributed by atoms with E-state index in [0.29, 0.717) is 11.4 Å². The van der Waals surface area contributed by atoms with Gasteiger partial charge >= 0.3 is 0 Å². The number of methoxy groups -OCH3 is 1. The number of sulfonamides is 1. The highest BCUT2D eigenvalue weighted by atomic mass is 32.2. The molecular formula is C18H22N2O4S. The Labute approximate surface area is 148 Å². The molecule has 1 amide bonds. The SMILES string of the molecule is COc1ccc(CC(=O)N(C)c2ccc(N(C)S(C)(=O)=O)cc2)cc1. The quantitative estimate of drug-likeness (QED) is 0.791. The van der Waals surface area contributed by atoms with E-state index in [1.54, 1.807) is 43.3 Å². The number of amides is 1. The second kappa shape index (κ2) is 7.57. The predicted octanol–water partition coefficient (Wildman–Crippen LogP) is 2.30. The Bertz CT molecular complexity index is 830. The van der Waals surface area contributed by atoms with E-state index in [4.69, 9.17) is 4.74 Å². The molecule has 2 aromatic rings. The van der Waals surface area contributed by atoms with Gasteiger partial charge in [-0.3, -0.25) is 9.10 Å². The summed E-state index contributed by atoms with van der Waals surface area (Å²) in [6, 6.07) is 14.1. The molecule has 7 heteroatoms. The molecule has 134 valence electrons. The lowest BCUT2D eigenvalue weighted by molar-refractivity contribution is -0.117. The molecule has 0 bridgehead atoms. The van der Waals surface area contributed by atoms with Crippen LogP contribution in [-0.4, -0.2) is 41.8 Å². The molecule has 0 N–H and O–H groups in total. The Morgan fingerprint density at radius 2 is 1.48 bits per heavy atom. The van der Waals surface area contributed by atoms with Crippen molar-refractivity contribution in [3.8, 4) is 5.75 Å². The van der Waals surface area contributed by atoms with Gasteiger partial charge in [0.2, 0.25) is 15.9 Å². The first-order chi connectivity index (χ1) is 11.7. The molecule has 0 fully saturated rings. The summed E-state index contributed by atoms with van der Waals surface area (Å²) in [7, 11) is 1.47. The topological polar surface area (TPSA) is 66.9 Å². The Morgan fingerprint density at radius 1 is 0.960 bits per heavy atom. The highest BCUT2D eigenvalue weighted by molar-refractivity contribution is 7.92. The number of ether oxygens (including phenoxy) is 1. The number of nitrogens with zero attached hydrogens (tertiary/aromatic N) is 2. The van der Waals surface area contributed by atoms with E-state index in [2.05, 4.69) is 0 Å². The van der Waals surface area contributed by atoms with Crippen LogP contribution in [0.4, 0.5) is 11.4 Å². The van der Waals surface area contributed by atoms with Gasteiger partial charge in [-0.1, -0.05) is 12.1 Å². The minimum absolute atomic E-state index is 0.0608. The molecule has 0 atom stereocenters. The van der Waals surface area contributed by atoms with E-state index in [1.165, 1.54) is 11.4 Å². The Balaban J connectivity index is 2.08. The van der Waals surface area contributed by atoms with E-state index in [9.17, 15) is 13.2 Å². The molecule has 0 aliphatic heterocycles. The van der Waals surface area contributed by atoms with Gasteiger partial charge in [-0.2, -0.15) is 0 Å². The van der Waals surface area contributed by atoms with Gasteiger partial charge in [0.05, 0.1) is 25.5 Å². The fourth-order valence-corrected chi connectivity index (χ4v) is 2.76.